The minimum absolute atomic E-state index is 0.0629. The first-order chi connectivity index (χ1) is 15.6. The normalized spacial score (nSPS) is 10.8. The molecule has 164 valence electrons. The number of benzene rings is 2. The minimum atomic E-state index is -0.382. The summed E-state index contributed by atoms with van der Waals surface area (Å²) in [6.45, 7) is 0.429. The number of carbonyl (C=O) groups is 1. The van der Waals surface area contributed by atoms with Crippen molar-refractivity contribution in [3.05, 3.63) is 70.8 Å². The predicted octanol–water partition coefficient (Wildman–Crippen LogP) is 2.78. The summed E-state index contributed by atoms with van der Waals surface area (Å²) in [6, 6.07) is 14.7. The highest BCUT2D eigenvalue weighted by molar-refractivity contribution is 5.87. The quantitative estimate of drug-likeness (QED) is 0.454. The maximum Gasteiger partial charge on any atom is 0.299 e. The first-order valence-electron chi connectivity index (χ1n) is 9.98. The van der Waals surface area contributed by atoms with E-state index in [9.17, 15) is 9.59 Å². The summed E-state index contributed by atoms with van der Waals surface area (Å²) in [7, 11) is 3.14. The third-order valence-corrected chi connectivity index (χ3v) is 5.04. The van der Waals surface area contributed by atoms with Crippen LogP contribution in [0, 0.1) is 0 Å². The standard InChI is InChI=1S/C23H22N4O5/c1-30-17-8-9-18(31-2)16(12-17)13-24-19(28)10-11-27-14-25-21-20(15-6-4-3-5-7-15)26-32-22(21)23(27)29/h3-9,12,14H,10-11,13H2,1-2H3,(H,24,28). The molecule has 0 aliphatic heterocycles. The van der Waals surface area contributed by atoms with Gasteiger partial charge in [0, 0.05) is 30.6 Å². The van der Waals surface area contributed by atoms with Gasteiger partial charge in [0.05, 0.1) is 20.5 Å². The van der Waals surface area contributed by atoms with E-state index in [2.05, 4.69) is 15.5 Å². The number of carbonyl (C=O) groups excluding carboxylic acids is 1. The second-order valence-electron chi connectivity index (χ2n) is 7.02. The van der Waals surface area contributed by atoms with E-state index in [1.165, 1.54) is 10.9 Å². The molecular weight excluding hydrogens is 412 g/mol. The number of ether oxygens (including phenoxy) is 2. The van der Waals surface area contributed by atoms with Gasteiger partial charge in [0.15, 0.2) is 0 Å². The lowest BCUT2D eigenvalue weighted by atomic mass is 10.1. The minimum Gasteiger partial charge on any atom is -0.497 e. The van der Waals surface area contributed by atoms with Gasteiger partial charge < -0.3 is 19.3 Å². The molecular formula is C23H22N4O5. The average molecular weight is 434 g/mol. The Morgan fingerprint density at radius 1 is 1.12 bits per heavy atom. The third kappa shape index (κ3) is 4.31. The van der Waals surface area contributed by atoms with Crippen molar-refractivity contribution in [1.82, 2.24) is 20.0 Å². The van der Waals surface area contributed by atoms with Crippen LogP contribution in [0.1, 0.15) is 12.0 Å². The zero-order valence-corrected chi connectivity index (χ0v) is 17.7. The van der Waals surface area contributed by atoms with E-state index in [0.29, 0.717) is 22.7 Å². The number of fused-ring (bicyclic) bond motifs is 1. The highest BCUT2D eigenvalue weighted by Gasteiger charge is 2.16. The second kappa shape index (κ2) is 9.34. The molecule has 0 aliphatic rings. The molecule has 0 radical (unpaired) electrons. The first kappa shape index (κ1) is 21.1. The highest BCUT2D eigenvalue weighted by atomic mass is 16.5. The molecule has 0 saturated heterocycles. The van der Waals surface area contributed by atoms with E-state index in [4.69, 9.17) is 14.0 Å². The average Bonchev–Trinajstić information content (AvgIpc) is 3.27. The Hall–Kier alpha value is -4.14. The van der Waals surface area contributed by atoms with Crippen molar-refractivity contribution in [1.29, 1.82) is 0 Å². The Kier molecular flexibility index (Phi) is 6.16. The monoisotopic (exact) mass is 434 g/mol. The lowest BCUT2D eigenvalue weighted by Gasteiger charge is -2.11. The van der Waals surface area contributed by atoms with Crippen molar-refractivity contribution >= 4 is 17.0 Å². The largest absolute Gasteiger partial charge is 0.497 e. The van der Waals surface area contributed by atoms with Gasteiger partial charge in [-0.05, 0) is 18.2 Å². The third-order valence-electron chi connectivity index (χ3n) is 5.04. The van der Waals surface area contributed by atoms with E-state index in [-0.39, 0.29) is 36.6 Å². The van der Waals surface area contributed by atoms with Gasteiger partial charge in [-0.15, -0.1) is 0 Å². The van der Waals surface area contributed by atoms with Crippen molar-refractivity contribution in [2.45, 2.75) is 19.5 Å². The number of aryl methyl sites for hydroxylation is 1. The molecule has 1 N–H and O–H groups in total. The van der Waals surface area contributed by atoms with Crippen LogP contribution in [0.5, 0.6) is 11.5 Å². The van der Waals surface area contributed by atoms with Crippen molar-refractivity contribution in [2.75, 3.05) is 14.2 Å². The maximum absolute atomic E-state index is 12.7. The maximum atomic E-state index is 12.7. The molecule has 9 nitrogen and oxygen atoms in total. The number of amides is 1. The zero-order chi connectivity index (χ0) is 22.5. The number of hydrogen-bond donors (Lipinski definition) is 1. The SMILES string of the molecule is COc1ccc(OC)c(CNC(=O)CCn2cnc3c(-c4ccccc4)noc3c2=O)c1. The van der Waals surface area contributed by atoms with Crippen molar-refractivity contribution in [3.63, 3.8) is 0 Å². The lowest BCUT2D eigenvalue weighted by Crippen LogP contribution is -2.27. The Labute approximate surface area is 183 Å². The number of aromatic nitrogens is 3. The van der Waals surface area contributed by atoms with Crippen LogP contribution in [0.25, 0.3) is 22.4 Å². The number of hydrogen-bond acceptors (Lipinski definition) is 7. The van der Waals surface area contributed by atoms with Gasteiger partial charge in [-0.1, -0.05) is 35.5 Å². The summed E-state index contributed by atoms with van der Waals surface area (Å²) in [4.78, 5) is 29.4. The lowest BCUT2D eigenvalue weighted by molar-refractivity contribution is -0.121. The molecule has 0 unspecified atom stereocenters. The van der Waals surface area contributed by atoms with Gasteiger partial charge in [-0.25, -0.2) is 4.98 Å². The van der Waals surface area contributed by atoms with Crippen LogP contribution in [-0.4, -0.2) is 34.8 Å². The van der Waals surface area contributed by atoms with Gasteiger partial charge in [-0.3, -0.25) is 14.2 Å². The summed E-state index contributed by atoms with van der Waals surface area (Å²) in [5.41, 5.74) is 2.18. The van der Waals surface area contributed by atoms with E-state index < -0.39 is 0 Å². The van der Waals surface area contributed by atoms with Gasteiger partial charge in [0.2, 0.25) is 5.91 Å². The summed E-state index contributed by atoms with van der Waals surface area (Å²) < 4.78 is 17.1. The Balaban J connectivity index is 1.43. The molecule has 1 amide bonds. The molecule has 4 rings (SSSR count). The van der Waals surface area contributed by atoms with Gasteiger partial charge in [0.25, 0.3) is 11.1 Å². The van der Waals surface area contributed by atoms with E-state index in [1.807, 2.05) is 30.3 Å². The van der Waals surface area contributed by atoms with Gasteiger partial charge >= 0.3 is 0 Å². The van der Waals surface area contributed by atoms with Gasteiger partial charge in [-0.2, -0.15) is 0 Å². The number of rotatable bonds is 8. The molecule has 0 fully saturated rings. The fourth-order valence-corrected chi connectivity index (χ4v) is 3.32. The van der Waals surface area contributed by atoms with Crippen molar-refractivity contribution in [2.24, 2.45) is 0 Å². The molecule has 4 aromatic rings. The van der Waals surface area contributed by atoms with Crippen LogP contribution in [0.15, 0.2) is 64.2 Å². The number of methoxy groups -OCH3 is 2. The zero-order valence-electron chi connectivity index (χ0n) is 17.7. The predicted molar refractivity (Wildman–Crippen MR) is 118 cm³/mol. The van der Waals surface area contributed by atoms with Crippen LogP contribution in [0.3, 0.4) is 0 Å². The van der Waals surface area contributed by atoms with Gasteiger partial charge in [0.1, 0.15) is 22.7 Å². The Bertz CT molecular complexity index is 1300. The summed E-state index contributed by atoms with van der Waals surface area (Å²) in [5, 5.41) is 6.84. The smallest absolute Gasteiger partial charge is 0.299 e. The van der Waals surface area contributed by atoms with Crippen LogP contribution in [0.4, 0.5) is 0 Å². The molecule has 2 aromatic heterocycles. The number of nitrogens with one attached hydrogen (secondary N) is 1. The van der Waals surface area contributed by atoms with Crippen LogP contribution in [0.2, 0.25) is 0 Å². The highest BCUT2D eigenvalue weighted by Crippen LogP contribution is 2.25. The van der Waals surface area contributed by atoms with E-state index >= 15 is 0 Å². The van der Waals surface area contributed by atoms with Crippen LogP contribution < -0.4 is 20.3 Å². The number of nitrogens with zero attached hydrogens (tertiary/aromatic N) is 3. The molecule has 0 aliphatic carbocycles. The van der Waals surface area contributed by atoms with Crippen molar-refractivity contribution < 1.29 is 18.8 Å². The fraction of sp³-hybridized carbons (Fsp3) is 0.217. The molecule has 32 heavy (non-hydrogen) atoms. The molecule has 9 heteroatoms. The summed E-state index contributed by atoms with van der Waals surface area (Å²) in [6.07, 6.45) is 1.51. The van der Waals surface area contributed by atoms with E-state index in [0.717, 1.165) is 11.1 Å². The molecule has 2 heterocycles. The molecule has 0 atom stereocenters. The second-order valence-corrected chi connectivity index (χ2v) is 7.02. The van der Waals surface area contributed by atoms with Crippen LogP contribution in [-0.2, 0) is 17.9 Å². The Morgan fingerprint density at radius 3 is 2.69 bits per heavy atom. The topological polar surface area (TPSA) is 108 Å². The van der Waals surface area contributed by atoms with Crippen molar-refractivity contribution in [3.8, 4) is 22.8 Å². The fourth-order valence-electron chi connectivity index (χ4n) is 3.32. The Morgan fingerprint density at radius 2 is 1.94 bits per heavy atom. The first-order valence-corrected chi connectivity index (χ1v) is 9.98. The van der Waals surface area contributed by atoms with Crippen LogP contribution >= 0.6 is 0 Å². The molecule has 0 spiro atoms. The molecule has 0 bridgehead atoms. The van der Waals surface area contributed by atoms with E-state index in [1.54, 1.807) is 32.4 Å². The summed E-state index contributed by atoms with van der Waals surface area (Å²) in [5.74, 6) is 1.10. The molecule has 2 aromatic carbocycles. The molecule has 0 saturated carbocycles. The summed E-state index contributed by atoms with van der Waals surface area (Å²) >= 11 is 0.